The van der Waals surface area contributed by atoms with Gasteiger partial charge in [-0.15, -0.1) is 0 Å². The van der Waals surface area contributed by atoms with Crippen LogP contribution in [0.5, 0.6) is 0 Å². The highest BCUT2D eigenvalue weighted by atomic mass is 19.1. The highest BCUT2D eigenvalue weighted by Crippen LogP contribution is 2.33. The maximum atomic E-state index is 13.4. The summed E-state index contributed by atoms with van der Waals surface area (Å²) in [5.74, 6) is -1.39. The molecular weight excluding hydrogens is 374 g/mol. The van der Waals surface area contributed by atoms with Crippen molar-refractivity contribution in [3.8, 4) is 0 Å². The van der Waals surface area contributed by atoms with Crippen LogP contribution in [0.2, 0.25) is 0 Å². The number of hydrogen-bond acceptors (Lipinski definition) is 2. The molecule has 0 bridgehead atoms. The molecule has 0 saturated heterocycles. The van der Waals surface area contributed by atoms with Crippen LogP contribution in [-0.2, 0) is 11.3 Å². The summed E-state index contributed by atoms with van der Waals surface area (Å²) in [5, 5.41) is 2.66. The number of anilines is 1. The van der Waals surface area contributed by atoms with Gasteiger partial charge in [-0.05, 0) is 47.5 Å². The molecule has 0 fully saturated rings. The Kier molecular flexibility index (Phi) is 5.08. The van der Waals surface area contributed by atoms with Gasteiger partial charge in [0.25, 0.3) is 5.91 Å². The third kappa shape index (κ3) is 4.01. The van der Waals surface area contributed by atoms with Crippen molar-refractivity contribution in [2.24, 2.45) is 0 Å². The van der Waals surface area contributed by atoms with Gasteiger partial charge in [0.05, 0.1) is 12.5 Å². The van der Waals surface area contributed by atoms with E-state index in [-0.39, 0.29) is 18.2 Å². The SMILES string of the molecule is O=C(C[C@H](c1ccc(F)cc1)N1Cc2ccccc2C1=O)Nc1cccc(F)c1. The van der Waals surface area contributed by atoms with Crippen molar-refractivity contribution in [2.45, 2.75) is 19.0 Å². The second kappa shape index (κ2) is 7.83. The van der Waals surface area contributed by atoms with Crippen LogP contribution < -0.4 is 5.32 Å². The van der Waals surface area contributed by atoms with E-state index in [1.54, 1.807) is 35.2 Å². The highest BCUT2D eigenvalue weighted by Gasteiger charge is 2.34. The van der Waals surface area contributed by atoms with Crippen LogP contribution in [0.4, 0.5) is 14.5 Å². The predicted molar refractivity (Wildman–Crippen MR) is 105 cm³/mol. The highest BCUT2D eigenvalue weighted by molar-refractivity contribution is 5.99. The molecule has 146 valence electrons. The number of rotatable bonds is 5. The van der Waals surface area contributed by atoms with Gasteiger partial charge in [0.2, 0.25) is 5.91 Å². The monoisotopic (exact) mass is 392 g/mol. The van der Waals surface area contributed by atoms with Crippen molar-refractivity contribution < 1.29 is 18.4 Å². The smallest absolute Gasteiger partial charge is 0.255 e. The average Bonchev–Trinajstić information content (AvgIpc) is 3.04. The first kappa shape index (κ1) is 18.8. The molecule has 4 nitrogen and oxygen atoms in total. The van der Waals surface area contributed by atoms with Crippen LogP contribution in [0.25, 0.3) is 0 Å². The number of nitrogens with zero attached hydrogens (tertiary/aromatic N) is 1. The fourth-order valence-corrected chi connectivity index (χ4v) is 3.58. The molecule has 2 amide bonds. The van der Waals surface area contributed by atoms with E-state index < -0.39 is 17.7 Å². The third-order valence-electron chi connectivity index (χ3n) is 4.97. The minimum atomic E-state index is -0.580. The maximum Gasteiger partial charge on any atom is 0.255 e. The molecule has 0 aliphatic carbocycles. The number of nitrogens with one attached hydrogen (secondary N) is 1. The molecule has 3 aromatic rings. The van der Waals surface area contributed by atoms with Gasteiger partial charge in [-0.25, -0.2) is 8.78 Å². The van der Waals surface area contributed by atoms with E-state index in [1.807, 2.05) is 12.1 Å². The second-order valence-electron chi connectivity index (χ2n) is 6.92. The van der Waals surface area contributed by atoms with Gasteiger partial charge in [0.1, 0.15) is 11.6 Å². The van der Waals surface area contributed by atoms with Gasteiger partial charge in [0.15, 0.2) is 0 Å². The molecule has 1 atom stereocenters. The van der Waals surface area contributed by atoms with Crippen LogP contribution in [0, 0.1) is 11.6 Å². The van der Waals surface area contributed by atoms with E-state index >= 15 is 0 Å². The van der Waals surface area contributed by atoms with Crippen molar-refractivity contribution in [3.63, 3.8) is 0 Å². The van der Waals surface area contributed by atoms with Crippen molar-refractivity contribution in [1.82, 2.24) is 4.90 Å². The summed E-state index contributed by atoms with van der Waals surface area (Å²) in [4.78, 5) is 27.2. The Labute approximate surface area is 166 Å². The Bertz CT molecular complexity index is 1070. The zero-order valence-corrected chi connectivity index (χ0v) is 15.4. The lowest BCUT2D eigenvalue weighted by molar-refractivity contribution is -0.117. The van der Waals surface area contributed by atoms with Crippen LogP contribution in [0.1, 0.15) is 33.9 Å². The van der Waals surface area contributed by atoms with Gasteiger partial charge in [-0.2, -0.15) is 0 Å². The largest absolute Gasteiger partial charge is 0.327 e. The molecular formula is C23H18F2N2O2. The van der Waals surface area contributed by atoms with Crippen LogP contribution >= 0.6 is 0 Å². The summed E-state index contributed by atoms with van der Waals surface area (Å²) >= 11 is 0. The number of amides is 2. The van der Waals surface area contributed by atoms with Crippen LogP contribution in [0.15, 0.2) is 72.8 Å². The maximum absolute atomic E-state index is 13.4. The molecule has 1 N–H and O–H groups in total. The predicted octanol–water partition coefficient (Wildman–Crippen LogP) is 4.69. The minimum Gasteiger partial charge on any atom is -0.327 e. The number of carbonyl (C=O) groups is 2. The standard InChI is InChI=1S/C23H18F2N2O2/c24-17-10-8-15(9-11-17)21(13-22(28)26-19-6-3-5-18(25)12-19)27-14-16-4-1-2-7-20(16)23(27)29/h1-12,21H,13-14H2,(H,26,28)/t21-/m1/s1. The van der Waals surface area contributed by atoms with E-state index in [4.69, 9.17) is 0 Å². The first-order chi connectivity index (χ1) is 14.0. The Hall–Kier alpha value is -3.54. The summed E-state index contributed by atoms with van der Waals surface area (Å²) in [6, 6.07) is 18.1. The van der Waals surface area contributed by atoms with Crippen LogP contribution in [0.3, 0.4) is 0 Å². The first-order valence-corrected chi connectivity index (χ1v) is 9.21. The summed E-state index contributed by atoms with van der Waals surface area (Å²) in [6.07, 6.45) is -0.0398. The van der Waals surface area contributed by atoms with E-state index in [9.17, 15) is 18.4 Å². The molecule has 0 aromatic heterocycles. The lowest BCUT2D eigenvalue weighted by Crippen LogP contribution is -2.32. The van der Waals surface area contributed by atoms with Gasteiger partial charge in [-0.1, -0.05) is 36.4 Å². The van der Waals surface area contributed by atoms with Crippen molar-refractivity contribution in [3.05, 3.63) is 101 Å². The minimum absolute atomic E-state index is 0.0398. The molecule has 0 radical (unpaired) electrons. The van der Waals surface area contributed by atoms with E-state index in [0.29, 0.717) is 23.4 Å². The van der Waals surface area contributed by atoms with Gasteiger partial charge in [0, 0.05) is 17.8 Å². The summed E-state index contributed by atoms with van der Waals surface area (Å²) in [7, 11) is 0. The molecule has 0 spiro atoms. The normalized spacial score (nSPS) is 13.9. The quantitative estimate of drug-likeness (QED) is 0.685. The zero-order chi connectivity index (χ0) is 20.4. The number of benzene rings is 3. The molecule has 29 heavy (non-hydrogen) atoms. The fourth-order valence-electron chi connectivity index (χ4n) is 3.58. The Balaban J connectivity index is 1.60. The topological polar surface area (TPSA) is 49.4 Å². The zero-order valence-electron chi connectivity index (χ0n) is 15.4. The average molecular weight is 392 g/mol. The second-order valence-corrected chi connectivity index (χ2v) is 6.92. The lowest BCUT2D eigenvalue weighted by Gasteiger charge is -2.28. The Morgan fingerprint density at radius 1 is 0.966 bits per heavy atom. The van der Waals surface area contributed by atoms with Crippen molar-refractivity contribution in [1.29, 1.82) is 0 Å². The summed E-state index contributed by atoms with van der Waals surface area (Å²) < 4.78 is 26.8. The summed E-state index contributed by atoms with van der Waals surface area (Å²) in [5.41, 5.74) is 2.48. The Morgan fingerprint density at radius 3 is 2.45 bits per heavy atom. The van der Waals surface area contributed by atoms with E-state index in [0.717, 1.165) is 5.56 Å². The molecule has 0 unspecified atom stereocenters. The number of carbonyl (C=O) groups excluding carboxylic acids is 2. The van der Waals surface area contributed by atoms with E-state index in [1.165, 1.54) is 30.3 Å². The molecule has 4 rings (SSSR count). The summed E-state index contributed by atoms with van der Waals surface area (Å²) in [6.45, 7) is 0.365. The number of fused-ring (bicyclic) bond motifs is 1. The van der Waals surface area contributed by atoms with Crippen molar-refractivity contribution >= 4 is 17.5 Å². The van der Waals surface area contributed by atoms with E-state index in [2.05, 4.69) is 5.32 Å². The van der Waals surface area contributed by atoms with Crippen molar-refractivity contribution in [2.75, 3.05) is 5.32 Å². The number of hydrogen-bond donors (Lipinski definition) is 1. The lowest BCUT2D eigenvalue weighted by atomic mass is 10.0. The first-order valence-electron chi connectivity index (χ1n) is 9.21. The molecule has 3 aromatic carbocycles. The van der Waals surface area contributed by atoms with Gasteiger partial charge < -0.3 is 10.2 Å². The molecule has 6 heteroatoms. The molecule has 1 heterocycles. The molecule has 0 saturated carbocycles. The third-order valence-corrected chi connectivity index (χ3v) is 4.97. The molecule has 1 aliphatic rings. The number of halogens is 2. The van der Waals surface area contributed by atoms with Gasteiger partial charge in [-0.3, -0.25) is 9.59 Å². The fraction of sp³-hybridized carbons (Fsp3) is 0.130. The van der Waals surface area contributed by atoms with Crippen LogP contribution in [-0.4, -0.2) is 16.7 Å². The Morgan fingerprint density at radius 2 is 1.72 bits per heavy atom. The molecule has 1 aliphatic heterocycles. The van der Waals surface area contributed by atoms with Gasteiger partial charge >= 0.3 is 0 Å².